The standard InChI is InChI=1S/C15H15NO/c1-10-11(2)14(15(16)17)9-8-13(10)12-6-4-3-5-7-12/h3-9H,1-2H3,(H2,16,17). The van der Waals surface area contributed by atoms with Gasteiger partial charge in [0, 0.05) is 5.56 Å². The normalized spacial score (nSPS) is 10.2. The molecule has 17 heavy (non-hydrogen) atoms. The second-order valence-corrected chi connectivity index (χ2v) is 4.14. The minimum absolute atomic E-state index is 0.370. The summed E-state index contributed by atoms with van der Waals surface area (Å²) in [6, 6.07) is 13.9. The number of amides is 1. The van der Waals surface area contributed by atoms with E-state index in [4.69, 9.17) is 5.73 Å². The maximum atomic E-state index is 11.2. The molecule has 2 N–H and O–H groups in total. The molecule has 2 heteroatoms. The van der Waals surface area contributed by atoms with E-state index >= 15 is 0 Å². The van der Waals surface area contributed by atoms with Gasteiger partial charge in [-0.2, -0.15) is 0 Å². The first-order chi connectivity index (χ1) is 8.11. The molecule has 0 atom stereocenters. The zero-order valence-corrected chi connectivity index (χ0v) is 10.0. The van der Waals surface area contributed by atoms with Gasteiger partial charge >= 0.3 is 0 Å². The van der Waals surface area contributed by atoms with Gasteiger partial charge in [-0.25, -0.2) is 0 Å². The van der Waals surface area contributed by atoms with Gasteiger partial charge < -0.3 is 5.73 Å². The Bertz CT molecular complexity index is 559. The van der Waals surface area contributed by atoms with E-state index in [0.29, 0.717) is 5.56 Å². The second-order valence-electron chi connectivity index (χ2n) is 4.14. The summed E-state index contributed by atoms with van der Waals surface area (Å²) >= 11 is 0. The van der Waals surface area contributed by atoms with Crippen LogP contribution in [0.1, 0.15) is 21.5 Å². The van der Waals surface area contributed by atoms with Crippen LogP contribution in [0.2, 0.25) is 0 Å². The van der Waals surface area contributed by atoms with Gasteiger partial charge in [0.1, 0.15) is 0 Å². The van der Waals surface area contributed by atoms with E-state index in [1.54, 1.807) is 6.07 Å². The minimum atomic E-state index is -0.370. The van der Waals surface area contributed by atoms with Gasteiger partial charge in [0.25, 0.3) is 0 Å². The third kappa shape index (κ3) is 2.07. The lowest BCUT2D eigenvalue weighted by Crippen LogP contribution is -2.13. The molecule has 0 spiro atoms. The van der Waals surface area contributed by atoms with E-state index in [0.717, 1.165) is 22.3 Å². The van der Waals surface area contributed by atoms with Crippen LogP contribution in [0.25, 0.3) is 11.1 Å². The molecule has 0 aliphatic rings. The van der Waals surface area contributed by atoms with Gasteiger partial charge in [0.2, 0.25) is 5.91 Å². The van der Waals surface area contributed by atoms with Gasteiger partial charge in [-0.15, -0.1) is 0 Å². The quantitative estimate of drug-likeness (QED) is 0.838. The zero-order valence-electron chi connectivity index (χ0n) is 10.0. The molecule has 1 amide bonds. The van der Waals surface area contributed by atoms with Crippen molar-refractivity contribution in [3.63, 3.8) is 0 Å². The predicted octanol–water partition coefficient (Wildman–Crippen LogP) is 3.07. The van der Waals surface area contributed by atoms with Crippen LogP contribution in [0.4, 0.5) is 0 Å². The van der Waals surface area contributed by atoms with Gasteiger partial charge in [0.15, 0.2) is 0 Å². The number of carbonyl (C=O) groups excluding carboxylic acids is 1. The number of hydrogen-bond acceptors (Lipinski definition) is 1. The molecule has 0 heterocycles. The fourth-order valence-corrected chi connectivity index (χ4v) is 2.02. The third-order valence-electron chi connectivity index (χ3n) is 3.14. The summed E-state index contributed by atoms with van der Waals surface area (Å²) in [5, 5.41) is 0. The first-order valence-corrected chi connectivity index (χ1v) is 5.56. The molecular weight excluding hydrogens is 210 g/mol. The van der Waals surface area contributed by atoms with Crippen molar-refractivity contribution in [2.75, 3.05) is 0 Å². The van der Waals surface area contributed by atoms with Crippen LogP contribution >= 0.6 is 0 Å². The van der Waals surface area contributed by atoms with Crippen molar-refractivity contribution in [2.45, 2.75) is 13.8 Å². The Labute approximate surface area is 101 Å². The third-order valence-corrected chi connectivity index (χ3v) is 3.14. The first-order valence-electron chi connectivity index (χ1n) is 5.56. The minimum Gasteiger partial charge on any atom is -0.366 e. The van der Waals surface area contributed by atoms with Crippen molar-refractivity contribution in [2.24, 2.45) is 5.73 Å². The highest BCUT2D eigenvalue weighted by atomic mass is 16.1. The smallest absolute Gasteiger partial charge is 0.248 e. The van der Waals surface area contributed by atoms with Crippen LogP contribution in [-0.2, 0) is 0 Å². The Hall–Kier alpha value is -2.09. The topological polar surface area (TPSA) is 43.1 Å². The lowest BCUT2D eigenvalue weighted by Gasteiger charge is -2.11. The van der Waals surface area contributed by atoms with Gasteiger partial charge in [-0.1, -0.05) is 36.4 Å². The van der Waals surface area contributed by atoms with Gasteiger partial charge in [-0.05, 0) is 42.2 Å². The molecule has 0 fully saturated rings. The van der Waals surface area contributed by atoms with E-state index in [9.17, 15) is 4.79 Å². The molecule has 2 rings (SSSR count). The molecule has 0 aromatic heterocycles. The Morgan fingerprint density at radius 1 is 0.941 bits per heavy atom. The Morgan fingerprint density at radius 3 is 2.18 bits per heavy atom. The van der Waals surface area contributed by atoms with E-state index in [-0.39, 0.29) is 5.91 Å². The molecule has 0 aliphatic heterocycles. The number of hydrogen-bond donors (Lipinski definition) is 1. The summed E-state index contributed by atoms with van der Waals surface area (Å²) in [7, 11) is 0. The average molecular weight is 225 g/mol. The van der Waals surface area contributed by atoms with Crippen LogP contribution < -0.4 is 5.73 Å². The summed E-state index contributed by atoms with van der Waals surface area (Å²) in [5.41, 5.74) is 10.3. The number of rotatable bonds is 2. The largest absolute Gasteiger partial charge is 0.366 e. The van der Waals surface area contributed by atoms with Crippen LogP contribution in [0.3, 0.4) is 0 Å². The molecular formula is C15H15NO. The maximum Gasteiger partial charge on any atom is 0.248 e. The number of benzene rings is 2. The van der Waals surface area contributed by atoms with Crippen molar-refractivity contribution in [3.05, 3.63) is 59.2 Å². The highest BCUT2D eigenvalue weighted by molar-refractivity contribution is 5.95. The lowest BCUT2D eigenvalue weighted by molar-refractivity contribution is 0.0999. The molecule has 0 bridgehead atoms. The molecule has 2 nitrogen and oxygen atoms in total. The molecule has 0 radical (unpaired) electrons. The SMILES string of the molecule is Cc1c(C(N)=O)ccc(-c2ccccc2)c1C. The summed E-state index contributed by atoms with van der Waals surface area (Å²) in [5.74, 6) is -0.370. The summed E-state index contributed by atoms with van der Waals surface area (Å²) in [6.07, 6.45) is 0. The molecule has 86 valence electrons. The Kier molecular flexibility index (Phi) is 2.96. The maximum absolute atomic E-state index is 11.2. The lowest BCUT2D eigenvalue weighted by atomic mass is 9.93. The number of primary amides is 1. The van der Waals surface area contributed by atoms with E-state index in [2.05, 4.69) is 12.1 Å². The van der Waals surface area contributed by atoms with Crippen molar-refractivity contribution < 1.29 is 4.79 Å². The summed E-state index contributed by atoms with van der Waals surface area (Å²) in [6.45, 7) is 3.95. The highest BCUT2D eigenvalue weighted by Crippen LogP contribution is 2.27. The van der Waals surface area contributed by atoms with Crippen molar-refractivity contribution in [3.8, 4) is 11.1 Å². The van der Waals surface area contributed by atoms with Crippen LogP contribution in [0, 0.1) is 13.8 Å². The average Bonchev–Trinajstić information content (AvgIpc) is 2.33. The zero-order chi connectivity index (χ0) is 12.4. The molecule has 2 aromatic carbocycles. The van der Waals surface area contributed by atoms with Crippen molar-refractivity contribution >= 4 is 5.91 Å². The molecule has 2 aromatic rings. The van der Waals surface area contributed by atoms with Crippen molar-refractivity contribution in [1.82, 2.24) is 0 Å². The van der Waals surface area contributed by atoms with Crippen LogP contribution in [-0.4, -0.2) is 5.91 Å². The monoisotopic (exact) mass is 225 g/mol. The first kappa shape index (κ1) is 11.4. The highest BCUT2D eigenvalue weighted by Gasteiger charge is 2.10. The van der Waals surface area contributed by atoms with Gasteiger partial charge in [0.05, 0.1) is 0 Å². The van der Waals surface area contributed by atoms with Gasteiger partial charge in [-0.3, -0.25) is 4.79 Å². The molecule has 0 unspecified atom stereocenters. The fraction of sp³-hybridized carbons (Fsp3) is 0.133. The van der Waals surface area contributed by atoms with E-state index in [1.165, 1.54) is 0 Å². The van der Waals surface area contributed by atoms with Crippen LogP contribution in [0.5, 0.6) is 0 Å². The molecule has 0 aliphatic carbocycles. The summed E-state index contributed by atoms with van der Waals surface area (Å²) < 4.78 is 0. The van der Waals surface area contributed by atoms with Crippen molar-refractivity contribution in [1.29, 1.82) is 0 Å². The Morgan fingerprint density at radius 2 is 1.59 bits per heavy atom. The molecule has 0 saturated carbocycles. The number of carbonyl (C=O) groups is 1. The molecule has 0 saturated heterocycles. The number of nitrogens with two attached hydrogens (primary N) is 1. The second kappa shape index (κ2) is 4.42. The van der Waals surface area contributed by atoms with E-state index in [1.807, 2.05) is 38.1 Å². The Balaban J connectivity index is 2.60. The van der Waals surface area contributed by atoms with Crippen LogP contribution in [0.15, 0.2) is 42.5 Å². The fourth-order valence-electron chi connectivity index (χ4n) is 2.02. The predicted molar refractivity (Wildman–Crippen MR) is 69.9 cm³/mol. The van der Waals surface area contributed by atoms with E-state index < -0.39 is 0 Å². The summed E-state index contributed by atoms with van der Waals surface area (Å²) in [4.78, 5) is 11.2.